The van der Waals surface area contributed by atoms with Crippen LogP contribution in [0.3, 0.4) is 0 Å². The summed E-state index contributed by atoms with van der Waals surface area (Å²) in [5.41, 5.74) is 4.36. The van der Waals surface area contributed by atoms with Gasteiger partial charge >= 0.3 is 0 Å². The molecule has 4 rings (SSSR count). The van der Waals surface area contributed by atoms with Crippen molar-refractivity contribution in [3.63, 3.8) is 0 Å². The number of hydrogen-bond donors (Lipinski definition) is 0. The van der Waals surface area contributed by atoms with Crippen molar-refractivity contribution in [1.29, 1.82) is 0 Å². The Kier molecular flexibility index (Phi) is 5.13. The molecule has 0 amide bonds. The summed E-state index contributed by atoms with van der Waals surface area (Å²) in [6.45, 7) is 0. The highest BCUT2D eigenvalue weighted by Crippen LogP contribution is 2.34. The Hall–Kier alpha value is -2.39. The van der Waals surface area contributed by atoms with Gasteiger partial charge in [0.2, 0.25) is 0 Å². The molecule has 0 aliphatic rings. The van der Waals surface area contributed by atoms with E-state index in [0.717, 1.165) is 27.9 Å². The van der Waals surface area contributed by atoms with Crippen molar-refractivity contribution in [2.24, 2.45) is 0 Å². The molecule has 0 atom stereocenters. The Morgan fingerprint density at radius 2 is 1.11 bits per heavy atom. The third kappa shape index (κ3) is 3.98. The molecule has 0 N–H and O–H groups in total. The Morgan fingerprint density at radius 1 is 0.593 bits per heavy atom. The number of benzene rings is 3. The predicted molar refractivity (Wildman–Crippen MR) is 113 cm³/mol. The molecule has 0 saturated carbocycles. The molecule has 0 saturated heterocycles. The van der Waals surface area contributed by atoms with Gasteiger partial charge in [-0.2, -0.15) is 0 Å². The summed E-state index contributed by atoms with van der Waals surface area (Å²) in [5.74, 6) is 0.596. The van der Waals surface area contributed by atoms with Gasteiger partial charge in [-0.3, -0.25) is 0 Å². The van der Waals surface area contributed by atoms with Crippen LogP contribution in [-0.2, 0) is 0 Å². The molecule has 3 aromatic carbocycles. The molecule has 5 heteroatoms. The zero-order valence-electron chi connectivity index (χ0n) is 14.0. The minimum Gasteiger partial charge on any atom is -0.236 e. The molecule has 1 heterocycles. The maximum Gasteiger partial charge on any atom is 0.159 e. The highest BCUT2D eigenvalue weighted by molar-refractivity contribution is 6.31. The average molecular weight is 412 g/mol. The van der Waals surface area contributed by atoms with Crippen LogP contribution in [0.25, 0.3) is 33.8 Å². The fraction of sp³-hybridized carbons (Fsp3) is 0. The standard InChI is InChI=1S/C22H13Cl3N2/c23-17-7-1-4-14(10-17)20-13-26-22(16-6-3-9-19(25)12-16)27-21(20)15-5-2-8-18(24)11-15/h1-13H. The average Bonchev–Trinajstić information content (AvgIpc) is 2.67. The SMILES string of the molecule is Clc1cccc(-c2ncc(-c3cccc(Cl)c3)c(-c3cccc(Cl)c3)n2)c1. The highest BCUT2D eigenvalue weighted by atomic mass is 35.5. The second-order valence-electron chi connectivity index (χ2n) is 5.99. The molecule has 0 spiro atoms. The lowest BCUT2D eigenvalue weighted by Crippen LogP contribution is -1.96. The topological polar surface area (TPSA) is 25.8 Å². The molecule has 0 fully saturated rings. The van der Waals surface area contributed by atoms with Crippen molar-refractivity contribution in [2.45, 2.75) is 0 Å². The van der Waals surface area contributed by atoms with E-state index in [0.29, 0.717) is 20.9 Å². The predicted octanol–water partition coefficient (Wildman–Crippen LogP) is 7.44. The molecule has 0 aliphatic heterocycles. The van der Waals surface area contributed by atoms with Crippen LogP contribution < -0.4 is 0 Å². The van der Waals surface area contributed by atoms with E-state index < -0.39 is 0 Å². The smallest absolute Gasteiger partial charge is 0.159 e. The maximum atomic E-state index is 6.21. The van der Waals surface area contributed by atoms with Crippen LogP contribution in [0.4, 0.5) is 0 Å². The van der Waals surface area contributed by atoms with Gasteiger partial charge in [0.1, 0.15) is 0 Å². The van der Waals surface area contributed by atoms with Crippen molar-refractivity contribution >= 4 is 34.8 Å². The second kappa shape index (κ2) is 7.69. The first-order valence-electron chi connectivity index (χ1n) is 8.25. The lowest BCUT2D eigenvalue weighted by molar-refractivity contribution is 1.18. The molecule has 2 nitrogen and oxygen atoms in total. The molecule has 0 bridgehead atoms. The molecule has 27 heavy (non-hydrogen) atoms. The number of aromatic nitrogens is 2. The van der Waals surface area contributed by atoms with Gasteiger partial charge in [0, 0.05) is 38.0 Å². The van der Waals surface area contributed by atoms with Gasteiger partial charge < -0.3 is 0 Å². The molecule has 0 aliphatic carbocycles. The molecule has 4 aromatic rings. The van der Waals surface area contributed by atoms with E-state index in [4.69, 9.17) is 39.8 Å². The molecule has 0 radical (unpaired) electrons. The highest BCUT2D eigenvalue weighted by Gasteiger charge is 2.13. The molecule has 0 unspecified atom stereocenters. The van der Waals surface area contributed by atoms with E-state index in [-0.39, 0.29) is 0 Å². The van der Waals surface area contributed by atoms with E-state index in [9.17, 15) is 0 Å². The summed E-state index contributed by atoms with van der Waals surface area (Å²) in [4.78, 5) is 9.39. The van der Waals surface area contributed by atoms with Crippen LogP contribution in [0.5, 0.6) is 0 Å². The van der Waals surface area contributed by atoms with E-state index in [1.807, 2.05) is 79.0 Å². The van der Waals surface area contributed by atoms with Crippen LogP contribution in [0, 0.1) is 0 Å². The van der Waals surface area contributed by atoms with Crippen LogP contribution in [0.2, 0.25) is 15.1 Å². The fourth-order valence-electron chi connectivity index (χ4n) is 2.87. The van der Waals surface area contributed by atoms with Crippen LogP contribution in [0.1, 0.15) is 0 Å². The zero-order valence-corrected chi connectivity index (χ0v) is 16.3. The van der Waals surface area contributed by atoms with Crippen molar-refractivity contribution in [3.05, 3.63) is 94.1 Å². The van der Waals surface area contributed by atoms with Gasteiger partial charge in [-0.15, -0.1) is 0 Å². The molecule has 132 valence electrons. The number of nitrogens with zero attached hydrogens (tertiary/aromatic N) is 2. The first kappa shape index (κ1) is 18.0. The first-order valence-corrected chi connectivity index (χ1v) is 9.38. The number of rotatable bonds is 3. The largest absolute Gasteiger partial charge is 0.236 e. The van der Waals surface area contributed by atoms with Crippen molar-refractivity contribution < 1.29 is 0 Å². The van der Waals surface area contributed by atoms with Crippen LogP contribution >= 0.6 is 34.8 Å². The Labute approximate surface area is 172 Å². The lowest BCUT2D eigenvalue weighted by atomic mass is 10.0. The van der Waals surface area contributed by atoms with Gasteiger partial charge in [-0.1, -0.05) is 71.2 Å². The van der Waals surface area contributed by atoms with Gasteiger partial charge in [0.25, 0.3) is 0 Å². The van der Waals surface area contributed by atoms with Gasteiger partial charge in [0.05, 0.1) is 5.69 Å². The summed E-state index contributed by atoms with van der Waals surface area (Å²) in [6, 6.07) is 22.7. The quantitative estimate of drug-likeness (QED) is 0.350. The normalized spacial score (nSPS) is 10.8. The van der Waals surface area contributed by atoms with Crippen molar-refractivity contribution in [1.82, 2.24) is 9.97 Å². The van der Waals surface area contributed by atoms with E-state index in [1.54, 1.807) is 0 Å². The minimum atomic E-state index is 0.596. The van der Waals surface area contributed by atoms with Gasteiger partial charge in [0.15, 0.2) is 5.82 Å². The Balaban J connectivity index is 1.94. The monoisotopic (exact) mass is 410 g/mol. The van der Waals surface area contributed by atoms with Crippen molar-refractivity contribution in [3.8, 4) is 33.8 Å². The fourth-order valence-corrected chi connectivity index (χ4v) is 3.44. The summed E-state index contributed by atoms with van der Waals surface area (Å²) in [6.07, 6.45) is 1.81. The Morgan fingerprint density at radius 3 is 1.74 bits per heavy atom. The molecular weight excluding hydrogens is 399 g/mol. The Bertz CT molecular complexity index is 1130. The minimum absolute atomic E-state index is 0.596. The third-order valence-corrected chi connectivity index (χ3v) is 4.81. The zero-order chi connectivity index (χ0) is 18.8. The van der Waals surface area contributed by atoms with Crippen LogP contribution in [-0.4, -0.2) is 9.97 Å². The summed E-state index contributed by atoms with van der Waals surface area (Å²) >= 11 is 18.5. The molecular formula is C22H13Cl3N2. The first-order chi connectivity index (χ1) is 13.1. The molecule has 1 aromatic heterocycles. The number of halogens is 3. The summed E-state index contributed by atoms with van der Waals surface area (Å²) in [5, 5.41) is 1.94. The second-order valence-corrected chi connectivity index (χ2v) is 7.30. The van der Waals surface area contributed by atoms with Gasteiger partial charge in [-0.25, -0.2) is 9.97 Å². The summed E-state index contributed by atoms with van der Waals surface area (Å²) < 4.78 is 0. The van der Waals surface area contributed by atoms with Crippen LogP contribution in [0.15, 0.2) is 79.0 Å². The summed E-state index contributed by atoms with van der Waals surface area (Å²) in [7, 11) is 0. The van der Waals surface area contributed by atoms with E-state index in [2.05, 4.69) is 4.98 Å². The number of hydrogen-bond acceptors (Lipinski definition) is 2. The van der Waals surface area contributed by atoms with Gasteiger partial charge in [-0.05, 0) is 42.0 Å². The van der Waals surface area contributed by atoms with E-state index in [1.165, 1.54) is 0 Å². The third-order valence-electron chi connectivity index (χ3n) is 4.11. The van der Waals surface area contributed by atoms with Crippen molar-refractivity contribution in [2.75, 3.05) is 0 Å². The van der Waals surface area contributed by atoms with E-state index >= 15 is 0 Å². The maximum absolute atomic E-state index is 6.21. The lowest BCUT2D eigenvalue weighted by Gasteiger charge is -2.12.